The van der Waals surface area contributed by atoms with Crippen LogP contribution < -0.4 is 0 Å². The van der Waals surface area contributed by atoms with Crippen molar-refractivity contribution in [3.05, 3.63) is 17.5 Å². The number of hydrogen-bond acceptors (Lipinski definition) is 3. The van der Waals surface area contributed by atoms with Gasteiger partial charge in [0, 0.05) is 31.8 Å². The quantitative estimate of drug-likeness (QED) is 0.731. The molecule has 0 spiro atoms. The molecule has 1 unspecified atom stereocenters. The van der Waals surface area contributed by atoms with Crippen molar-refractivity contribution < 1.29 is 9.53 Å². The summed E-state index contributed by atoms with van der Waals surface area (Å²) >= 11 is 0. The molecule has 0 aromatic carbocycles. The molecule has 14 heavy (non-hydrogen) atoms. The third-order valence-electron chi connectivity index (χ3n) is 2.43. The van der Waals surface area contributed by atoms with Gasteiger partial charge in [0.25, 0.3) is 0 Å². The lowest BCUT2D eigenvalue weighted by Gasteiger charge is -2.12. The summed E-state index contributed by atoms with van der Waals surface area (Å²) in [5, 5.41) is 4.09. The van der Waals surface area contributed by atoms with E-state index in [9.17, 15) is 4.79 Å². The van der Waals surface area contributed by atoms with Crippen LogP contribution in [0, 0.1) is 6.92 Å². The van der Waals surface area contributed by atoms with Gasteiger partial charge in [0.1, 0.15) is 6.10 Å². The van der Waals surface area contributed by atoms with E-state index in [2.05, 4.69) is 5.10 Å². The minimum Gasteiger partial charge on any atom is -0.369 e. The van der Waals surface area contributed by atoms with Gasteiger partial charge in [0.05, 0.1) is 6.20 Å². The fourth-order valence-corrected chi connectivity index (χ4v) is 1.39. The van der Waals surface area contributed by atoms with Gasteiger partial charge in [-0.1, -0.05) is 6.92 Å². The van der Waals surface area contributed by atoms with E-state index in [4.69, 9.17) is 4.74 Å². The van der Waals surface area contributed by atoms with E-state index in [0.717, 1.165) is 11.3 Å². The fraction of sp³-hybridized carbons (Fsp3) is 0.600. The summed E-state index contributed by atoms with van der Waals surface area (Å²) in [5.41, 5.74) is 1.83. The van der Waals surface area contributed by atoms with Crippen LogP contribution in [0.3, 0.4) is 0 Å². The molecule has 1 atom stereocenters. The van der Waals surface area contributed by atoms with Gasteiger partial charge in [0.2, 0.25) is 0 Å². The first-order chi connectivity index (χ1) is 6.61. The number of aromatic nitrogens is 2. The molecule has 1 aromatic heterocycles. The van der Waals surface area contributed by atoms with E-state index >= 15 is 0 Å². The maximum absolute atomic E-state index is 11.5. The molecule has 1 aromatic rings. The van der Waals surface area contributed by atoms with Gasteiger partial charge in [-0.2, -0.15) is 5.10 Å². The highest BCUT2D eigenvalue weighted by Crippen LogP contribution is 2.21. The molecule has 0 bridgehead atoms. The van der Waals surface area contributed by atoms with E-state index in [1.165, 1.54) is 0 Å². The minimum absolute atomic E-state index is 0.0867. The Labute approximate surface area is 83.9 Å². The molecule has 1 heterocycles. The summed E-state index contributed by atoms with van der Waals surface area (Å²) < 4.78 is 6.92. The summed E-state index contributed by atoms with van der Waals surface area (Å²) in [6.07, 6.45) is 1.71. The zero-order valence-corrected chi connectivity index (χ0v) is 9.07. The molecular formula is C10H16N2O2. The van der Waals surface area contributed by atoms with Crippen molar-refractivity contribution in [3.63, 3.8) is 0 Å². The van der Waals surface area contributed by atoms with Crippen LogP contribution >= 0.6 is 0 Å². The number of ether oxygens (including phenoxy) is 1. The molecule has 0 radical (unpaired) electrons. The van der Waals surface area contributed by atoms with Gasteiger partial charge >= 0.3 is 0 Å². The summed E-state index contributed by atoms with van der Waals surface area (Å²) in [6.45, 7) is 3.76. The van der Waals surface area contributed by atoms with Crippen LogP contribution in [0.2, 0.25) is 0 Å². The van der Waals surface area contributed by atoms with Crippen molar-refractivity contribution in [1.82, 2.24) is 9.78 Å². The summed E-state index contributed by atoms with van der Waals surface area (Å²) in [7, 11) is 3.40. The number of ketones is 1. The highest BCUT2D eigenvalue weighted by atomic mass is 16.5. The fourth-order valence-electron chi connectivity index (χ4n) is 1.39. The topological polar surface area (TPSA) is 44.1 Å². The van der Waals surface area contributed by atoms with Gasteiger partial charge in [-0.3, -0.25) is 9.48 Å². The van der Waals surface area contributed by atoms with Gasteiger partial charge in [-0.15, -0.1) is 0 Å². The first-order valence-corrected chi connectivity index (χ1v) is 4.65. The Bertz CT molecular complexity index is 331. The van der Waals surface area contributed by atoms with Crippen LogP contribution in [0.15, 0.2) is 6.20 Å². The second kappa shape index (κ2) is 4.37. The van der Waals surface area contributed by atoms with Gasteiger partial charge < -0.3 is 4.74 Å². The lowest BCUT2D eigenvalue weighted by molar-refractivity contribution is -0.128. The maximum atomic E-state index is 11.5. The molecule has 0 fully saturated rings. The van der Waals surface area contributed by atoms with Crippen molar-refractivity contribution in [2.45, 2.75) is 26.4 Å². The lowest BCUT2D eigenvalue weighted by Crippen LogP contribution is -2.14. The summed E-state index contributed by atoms with van der Waals surface area (Å²) in [5.74, 6) is 0.0867. The summed E-state index contributed by atoms with van der Waals surface area (Å²) in [6, 6.07) is 0. The Hall–Kier alpha value is -1.16. The van der Waals surface area contributed by atoms with Crippen LogP contribution in [0.1, 0.15) is 30.7 Å². The zero-order valence-electron chi connectivity index (χ0n) is 9.07. The number of hydrogen-bond donors (Lipinski definition) is 0. The van der Waals surface area contributed by atoms with Gasteiger partial charge in [-0.25, -0.2) is 0 Å². The standard InChI is InChI=1S/C10H16N2O2/c1-5-9(13)10(14-4)8-6-11-12(3)7(8)2/h6,10H,5H2,1-4H3. The molecule has 1 rings (SSSR count). The molecule has 4 nitrogen and oxygen atoms in total. The molecule has 78 valence electrons. The lowest BCUT2D eigenvalue weighted by atomic mass is 10.1. The molecule has 0 saturated carbocycles. The van der Waals surface area contributed by atoms with Crippen molar-refractivity contribution in [2.24, 2.45) is 7.05 Å². The van der Waals surface area contributed by atoms with Crippen LogP contribution in [-0.2, 0) is 16.6 Å². The molecule has 0 N–H and O–H groups in total. The van der Waals surface area contributed by atoms with E-state index in [1.54, 1.807) is 18.0 Å². The Kier molecular flexibility index (Phi) is 3.41. The highest BCUT2D eigenvalue weighted by Gasteiger charge is 2.22. The number of nitrogens with zero attached hydrogens (tertiary/aromatic N) is 2. The SMILES string of the molecule is CCC(=O)C(OC)c1cnn(C)c1C. The smallest absolute Gasteiger partial charge is 0.165 e. The Morgan fingerprint density at radius 2 is 2.36 bits per heavy atom. The van der Waals surface area contributed by atoms with Crippen molar-refractivity contribution in [1.29, 1.82) is 0 Å². The van der Waals surface area contributed by atoms with Gasteiger partial charge in [0.15, 0.2) is 5.78 Å². The van der Waals surface area contributed by atoms with E-state index in [1.807, 2.05) is 20.9 Å². The van der Waals surface area contributed by atoms with Crippen LogP contribution in [0.4, 0.5) is 0 Å². The number of carbonyl (C=O) groups excluding carboxylic acids is 1. The first kappa shape index (κ1) is 10.9. The minimum atomic E-state index is -0.464. The summed E-state index contributed by atoms with van der Waals surface area (Å²) in [4.78, 5) is 11.5. The van der Waals surface area contributed by atoms with Crippen LogP contribution in [-0.4, -0.2) is 22.7 Å². The number of carbonyl (C=O) groups is 1. The normalized spacial score (nSPS) is 12.9. The Morgan fingerprint density at radius 3 is 2.71 bits per heavy atom. The predicted molar refractivity (Wildman–Crippen MR) is 53.0 cm³/mol. The number of Topliss-reactive ketones (excluding diaryl/α,β-unsaturated/α-hetero) is 1. The third kappa shape index (κ3) is 1.85. The number of aryl methyl sites for hydroxylation is 1. The molecule has 0 saturated heterocycles. The maximum Gasteiger partial charge on any atom is 0.165 e. The molecule has 0 aliphatic rings. The number of rotatable bonds is 4. The average Bonchev–Trinajstić information content (AvgIpc) is 2.50. The monoisotopic (exact) mass is 196 g/mol. The molecule has 0 amide bonds. The Balaban J connectivity index is 3.01. The van der Waals surface area contributed by atoms with E-state index in [0.29, 0.717) is 6.42 Å². The average molecular weight is 196 g/mol. The second-order valence-corrected chi connectivity index (χ2v) is 3.24. The largest absolute Gasteiger partial charge is 0.369 e. The van der Waals surface area contributed by atoms with Crippen molar-refractivity contribution in [2.75, 3.05) is 7.11 Å². The predicted octanol–water partition coefficient (Wildman–Crippen LogP) is 1.40. The van der Waals surface area contributed by atoms with Crippen molar-refractivity contribution in [3.8, 4) is 0 Å². The van der Waals surface area contributed by atoms with Gasteiger partial charge in [-0.05, 0) is 6.92 Å². The van der Waals surface area contributed by atoms with Crippen molar-refractivity contribution >= 4 is 5.78 Å². The molecule has 0 aliphatic carbocycles. The third-order valence-corrected chi connectivity index (χ3v) is 2.43. The van der Waals surface area contributed by atoms with Crippen LogP contribution in [0.5, 0.6) is 0 Å². The van der Waals surface area contributed by atoms with Crippen LogP contribution in [0.25, 0.3) is 0 Å². The first-order valence-electron chi connectivity index (χ1n) is 4.65. The van der Waals surface area contributed by atoms with E-state index < -0.39 is 6.10 Å². The number of methoxy groups -OCH3 is 1. The highest BCUT2D eigenvalue weighted by molar-refractivity contribution is 5.84. The van der Waals surface area contributed by atoms with E-state index in [-0.39, 0.29) is 5.78 Å². The molecule has 0 aliphatic heterocycles. The second-order valence-electron chi connectivity index (χ2n) is 3.24. The molecular weight excluding hydrogens is 180 g/mol. The zero-order chi connectivity index (χ0) is 10.7. The molecule has 4 heteroatoms. The Morgan fingerprint density at radius 1 is 1.71 bits per heavy atom.